The lowest BCUT2D eigenvalue weighted by Crippen LogP contribution is -2.43. The smallest absolute Gasteiger partial charge is 0.136 e. The average molecular weight is 295 g/mol. The van der Waals surface area contributed by atoms with Crippen molar-refractivity contribution < 1.29 is 13.9 Å². The van der Waals surface area contributed by atoms with E-state index in [1.807, 2.05) is 18.2 Å². The van der Waals surface area contributed by atoms with E-state index in [9.17, 15) is 13.9 Å². The first-order chi connectivity index (χ1) is 9.55. The minimum atomic E-state index is -0.995. The predicted molar refractivity (Wildman–Crippen MR) is 76.5 cm³/mol. The van der Waals surface area contributed by atoms with Gasteiger partial charge < -0.3 is 10.8 Å². The van der Waals surface area contributed by atoms with Gasteiger partial charge in [-0.3, -0.25) is 0 Å². The van der Waals surface area contributed by atoms with Crippen LogP contribution in [0, 0.1) is 11.6 Å². The van der Waals surface area contributed by atoms with Crippen molar-refractivity contribution >= 4 is 11.8 Å². The first-order valence-electron chi connectivity index (χ1n) is 6.08. The zero-order valence-electron chi connectivity index (χ0n) is 10.7. The fourth-order valence-corrected chi connectivity index (χ4v) is 2.86. The molecule has 0 amide bonds. The molecule has 1 atom stereocenters. The largest absolute Gasteiger partial charge is 0.394 e. The van der Waals surface area contributed by atoms with Crippen LogP contribution in [0.3, 0.4) is 0 Å². The minimum Gasteiger partial charge on any atom is -0.394 e. The predicted octanol–water partition coefficient (Wildman–Crippen LogP) is 2.90. The van der Waals surface area contributed by atoms with Crippen molar-refractivity contribution in [2.75, 3.05) is 12.4 Å². The summed E-state index contributed by atoms with van der Waals surface area (Å²) >= 11 is 1.09. The molecule has 5 heteroatoms. The van der Waals surface area contributed by atoms with E-state index in [0.717, 1.165) is 35.5 Å². The highest BCUT2D eigenvalue weighted by Gasteiger charge is 2.27. The van der Waals surface area contributed by atoms with E-state index in [-0.39, 0.29) is 17.3 Å². The summed E-state index contributed by atoms with van der Waals surface area (Å²) in [4.78, 5) is 0.184. The molecule has 3 N–H and O–H groups in total. The van der Waals surface area contributed by atoms with Crippen LogP contribution in [-0.4, -0.2) is 17.5 Å². The second-order valence-corrected chi connectivity index (χ2v) is 5.56. The number of hydrogen-bond acceptors (Lipinski definition) is 3. The Morgan fingerprint density at radius 1 is 1.10 bits per heavy atom. The first kappa shape index (κ1) is 15.0. The molecule has 0 bridgehead atoms. The van der Waals surface area contributed by atoms with Crippen molar-refractivity contribution in [2.45, 2.75) is 10.4 Å². The number of halogens is 2. The fraction of sp³-hybridized carbons (Fsp3) is 0.200. The molecule has 1 unspecified atom stereocenters. The number of rotatable bonds is 5. The molecule has 2 aromatic carbocycles. The number of aliphatic hydroxyl groups is 1. The molecule has 0 aliphatic heterocycles. The summed E-state index contributed by atoms with van der Waals surface area (Å²) in [6.45, 7) is -0.277. The van der Waals surface area contributed by atoms with Gasteiger partial charge in [-0.15, -0.1) is 11.8 Å². The summed E-state index contributed by atoms with van der Waals surface area (Å²) in [5.74, 6) is -0.751. The molecule has 0 spiro atoms. The van der Waals surface area contributed by atoms with Crippen molar-refractivity contribution in [3.63, 3.8) is 0 Å². The van der Waals surface area contributed by atoms with Crippen LogP contribution in [0.5, 0.6) is 0 Å². The van der Waals surface area contributed by atoms with Gasteiger partial charge in [0.2, 0.25) is 0 Å². The lowest BCUT2D eigenvalue weighted by Gasteiger charge is -2.27. The Morgan fingerprint density at radius 3 is 2.45 bits per heavy atom. The molecule has 0 saturated heterocycles. The van der Waals surface area contributed by atoms with E-state index < -0.39 is 17.2 Å². The maximum atomic E-state index is 13.6. The third-order valence-corrected chi connectivity index (χ3v) is 4.29. The third kappa shape index (κ3) is 3.36. The van der Waals surface area contributed by atoms with Crippen molar-refractivity contribution in [1.82, 2.24) is 0 Å². The molecule has 0 aliphatic rings. The van der Waals surface area contributed by atoms with Gasteiger partial charge >= 0.3 is 0 Å². The topological polar surface area (TPSA) is 46.2 Å². The number of benzene rings is 2. The maximum Gasteiger partial charge on any atom is 0.136 e. The molecule has 2 nitrogen and oxygen atoms in total. The highest BCUT2D eigenvalue weighted by molar-refractivity contribution is 7.99. The zero-order valence-corrected chi connectivity index (χ0v) is 11.5. The number of nitrogens with two attached hydrogens (primary N) is 1. The molecule has 20 heavy (non-hydrogen) atoms. The highest BCUT2D eigenvalue weighted by Crippen LogP contribution is 2.29. The average Bonchev–Trinajstić information content (AvgIpc) is 2.49. The molecule has 2 rings (SSSR count). The van der Waals surface area contributed by atoms with E-state index in [1.165, 1.54) is 0 Å². The SMILES string of the molecule is NC(CO)(CSc1cc(F)ccc1F)c1ccccc1. The van der Waals surface area contributed by atoms with Crippen LogP contribution >= 0.6 is 11.8 Å². The highest BCUT2D eigenvalue weighted by atomic mass is 32.2. The molecular formula is C15H15F2NOS. The van der Waals surface area contributed by atoms with E-state index in [2.05, 4.69) is 0 Å². The van der Waals surface area contributed by atoms with E-state index >= 15 is 0 Å². The Morgan fingerprint density at radius 2 is 1.80 bits per heavy atom. The molecule has 2 aromatic rings. The molecule has 0 saturated carbocycles. The van der Waals surface area contributed by atoms with Gasteiger partial charge in [-0.2, -0.15) is 0 Å². The van der Waals surface area contributed by atoms with Crippen LogP contribution in [-0.2, 0) is 5.54 Å². The lowest BCUT2D eigenvalue weighted by atomic mass is 9.94. The molecule has 106 valence electrons. The van der Waals surface area contributed by atoms with Gasteiger partial charge in [-0.25, -0.2) is 8.78 Å². The molecule has 0 aromatic heterocycles. The van der Waals surface area contributed by atoms with Gasteiger partial charge in [0.25, 0.3) is 0 Å². The molecule has 0 radical (unpaired) electrons. The minimum absolute atomic E-state index is 0.184. The Kier molecular flexibility index (Phi) is 4.75. The second-order valence-electron chi connectivity index (χ2n) is 4.54. The summed E-state index contributed by atoms with van der Waals surface area (Å²) in [5, 5.41) is 9.53. The summed E-state index contributed by atoms with van der Waals surface area (Å²) in [6, 6.07) is 12.4. The number of thioether (sulfide) groups is 1. The quantitative estimate of drug-likeness (QED) is 0.834. The van der Waals surface area contributed by atoms with Gasteiger partial charge in [-0.05, 0) is 23.8 Å². The number of hydrogen-bond donors (Lipinski definition) is 2. The van der Waals surface area contributed by atoms with Crippen LogP contribution in [0.4, 0.5) is 8.78 Å². The Labute approximate surface area is 120 Å². The van der Waals surface area contributed by atoms with Crippen molar-refractivity contribution in [2.24, 2.45) is 5.73 Å². The first-order valence-corrected chi connectivity index (χ1v) is 7.07. The van der Waals surface area contributed by atoms with Gasteiger partial charge in [0.1, 0.15) is 11.6 Å². The Bertz CT molecular complexity index is 579. The van der Waals surface area contributed by atoms with Crippen LogP contribution in [0.1, 0.15) is 5.56 Å². The van der Waals surface area contributed by atoms with Crippen molar-refractivity contribution in [3.8, 4) is 0 Å². The molecule has 0 aliphatic carbocycles. The molecule has 0 fully saturated rings. The maximum absolute atomic E-state index is 13.6. The van der Waals surface area contributed by atoms with E-state index in [1.54, 1.807) is 12.1 Å². The summed E-state index contributed by atoms with van der Waals surface area (Å²) in [6.07, 6.45) is 0. The Balaban J connectivity index is 2.17. The van der Waals surface area contributed by atoms with Gasteiger partial charge in [0, 0.05) is 10.6 Å². The van der Waals surface area contributed by atoms with E-state index in [0.29, 0.717) is 0 Å². The van der Waals surface area contributed by atoms with Crippen LogP contribution in [0.15, 0.2) is 53.4 Å². The van der Waals surface area contributed by atoms with Crippen LogP contribution in [0.25, 0.3) is 0 Å². The Hall–Kier alpha value is -1.43. The van der Waals surface area contributed by atoms with Crippen molar-refractivity contribution in [1.29, 1.82) is 0 Å². The standard InChI is InChI=1S/C15H15F2NOS/c16-12-6-7-13(17)14(8-12)20-10-15(18,9-19)11-4-2-1-3-5-11/h1-8,19H,9-10,18H2. The van der Waals surface area contributed by atoms with E-state index in [4.69, 9.17) is 5.73 Å². The summed E-state index contributed by atoms with van der Waals surface area (Å²) < 4.78 is 26.7. The van der Waals surface area contributed by atoms with Crippen LogP contribution in [0.2, 0.25) is 0 Å². The monoisotopic (exact) mass is 295 g/mol. The third-order valence-electron chi connectivity index (χ3n) is 3.01. The van der Waals surface area contributed by atoms with Gasteiger partial charge in [0.15, 0.2) is 0 Å². The second kappa shape index (κ2) is 6.35. The fourth-order valence-electron chi connectivity index (χ4n) is 1.78. The normalized spacial score (nSPS) is 14.0. The summed E-state index contributed by atoms with van der Waals surface area (Å²) in [7, 11) is 0. The zero-order chi connectivity index (χ0) is 14.6. The van der Waals surface area contributed by atoms with Gasteiger partial charge in [0.05, 0.1) is 12.1 Å². The molecular weight excluding hydrogens is 280 g/mol. The van der Waals surface area contributed by atoms with Crippen LogP contribution < -0.4 is 5.73 Å². The van der Waals surface area contributed by atoms with Gasteiger partial charge in [-0.1, -0.05) is 30.3 Å². The molecule has 0 heterocycles. The van der Waals surface area contributed by atoms with Crippen molar-refractivity contribution in [3.05, 3.63) is 65.7 Å². The number of aliphatic hydroxyl groups excluding tert-OH is 1. The lowest BCUT2D eigenvalue weighted by molar-refractivity contribution is 0.213. The summed E-state index contributed by atoms with van der Waals surface area (Å²) in [5.41, 5.74) is 5.93.